The summed E-state index contributed by atoms with van der Waals surface area (Å²) in [6.45, 7) is 8.04. The number of carbonyl (C=O) groups is 1. The zero-order chi connectivity index (χ0) is 29.7. The fourth-order valence-corrected chi connectivity index (χ4v) is 5.76. The molecule has 1 N–H and O–H groups in total. The van der Waals surface area contributed by atoms with E-state index in [0.29, 0.717) is 53.3 Å². The van der Waals surface area contributed by atoms with E-state index in [0.717, 1.165) is 34.3 Å². The largest absolute Gasteiger partial charge is 0.481 e. The second-order valence-corrected chi connectivity index (χ2v) is 10.8. The maximum atomic E-state index is 13.1. The van der Waals surface area contributed by atoms with Crippen molar-refractivity contribution in [1.82, 2.24) is 14.9 Å². The number of aryl methyl sites for hydroxylation is 3. The summed E-state index contributed by atoms with van der Waals surface area (Å²) in [5.41, 5.74) is 3.73. The zero-order valence-corrected chi connectivity index (χ0v) is 23.6. The van der Waals surface area contributed by atoms with Gasteiger partial charge in [-0.2, -0.15) is 13.2 Å². The van der Waals surface area contributed by atoms with Crippen LogP contribution in [0.5, 0.6) is 5.88 Å². The highest BCUT2D eigenvalue weighted by Gasteiger charge is 2.48. The Labute approximate surface area is 236 Å². The first kappa shape index (κ1) is 28.5. The first-order chi connectivity index (χ1) is 19.3. The minimum absolute atomic E-state index is 0.0408. The molecule has 3 heterocycles. The van der Waals surface area contributed by atoms with Gasteiger partial charge in [0.15, 0.2) is 0 Å². The lowest BCUT2D eigenvalue weighted by Gasteiger charge is -2.48. The van der Waals surface area contributed by atoms with E-state index in [1.54, 1.807) is 4.90 Å². The number of nitrogens with zero attached hydrogens (tertiary/aromatic N) is 3. The van der Waals surface area contributed by atoms with Gasteiger partial charge < -0.3 is 14.7 Å². The standard InChI is InChI=1S/C32H32F3N3O3/c1-18-6-12-28(20(3)36-18)31(40,25-16-38(17-25)21(4)39)24-11-13-29-26(15-24)19(2)27(30(37-29)41-5)14-22-7-9-23(10-8-22)32(33,34)35/h6-13,15,25,40H,14,16-17H2,1-5H3. The molecule has 0 radical (unpaired) electrons. The number of amides is 1. The van der Waals surface area contributed by atoms with Crippen LogP contribution in [0.4, 0.5) is 13.2 Å². The minimum Gasteiger partial charge on any atom is -0.481 e. The normalized spacial score (nSPS) is 15.5. The first-order valence-electron chi connectivity index (χ1n) is 13.4. The molecule has 1 amide bonds. The van der Waals surface area contributed by atoms with Crippen LogP contribution < -0.4 is 4.74 Å². The summed E-state index contributed by atoms with van der Waals surface area (Å²) in [6, 6.07) is 14.4. The second-order valence-electron chi connectivity index (χ2n) is 10.8. The topological polar surface area (TPSA) is 75.6 Å². The maximum absolute atomic E-state index is 13.1. The predicted molar refractivity (Wildman–Crippen MR) is 150 cm³/mol. The van der Waals surface area contributed by atoms with Gasteiger partial charge in [0.1, 0.15) is 5.60 Å². The molecule has 214 valence electrons. The number of hydrogen-bond acceptors (Lipinski definition) is 5. The lowest BCUT2D eigenvalue weighted by atomic mass is 9.71. The highest BCUT2D eigenvalue weighted by Crippen LogP contribution is 2.44. The Bertz CT molecular complexity index is 1630. The number of rotatable bonds is 6. The van der Waals surface area contributed by atoms with Gasteiger partial charge in [0.2, 0.25) is 11.8 Å². The van der Waals surface area contributed by atoms with Crippen LogP contribution in [-0.2, 0) is 23.0 Å². The molecule has 41 heavy (non-hydrogen) atoms. The number of hydrogen-bond donors (Lipinski definition) is 1. The van der Waals surface area contributed by atoms with Crippen LogP contribution in [0.15, 0.2) is 54.6 Å². The summed E-state index contributed by atoms with van der Waals surface area (Å²) in [5.74, 6) is 0.110. The van der Waals surface area contributed by atoms with E-state index in [1.165, 1.54) is 26.2 Å². The number of methoxy groups -OCH3 is 1. The monoisotopic (exact) mass is 563 g/mol. The number of benzene rings is 2. The number of fused-ring (bicyclic) bond motifs is 1. The average molecular weight is 564 g/mol. The molecule has 4 aromatic rings. The van der Waals surface area contributed by atoms with E-state index in [2.05, 4.69) is 4.98 Å². The molecular weight excluding hydrogens is 531 g/mol. The Morgan fingerprint density at radius 2 is 1.66 bits per heavy atom. The molecule has 5 rings (SSSR count). The van der Waals surface area contributed by atoms with E-state index in [1.807, 2.05) is 51.1 Å². The number of pyridine rings is 2. The molecule has 0 spiro atoms. The lowest BCUT2D eigenvalue weighted by Crippen LogP contribution is -2.58. The Morgan fingerprint density at radius 3 is 2.24 bits per heavy atom. The van der Waals surface area contributed by atoms with Crippen LogP contribution in [0.25, 0.3) is 10.9 Å². The van der Waals surface area contributed by atoms with Crippen LogP contribution >= 0.6 is 0 Å². The SMILES string of the molecule is COc1nc2ccc(C(O)(c3ccc(C)nc3C)C3CN(C(C)=O)C3)cc2c(C)c1Cc1ccc(C(F)(F)F)cc1. The van der Waals surface area contributed by atoms with Crippen molar-refractivity contribution < 1.29 is 27.8 Å². The van der Waals surface area contributed by atoms with Gasteiger partial charge in [-0.1, -0.05) is 24.3 Å². The van der Waals surface area contributed by atoms with E-state index in [-0.39, 0.29) is 11.8 Å². The van der Waals surface area contributed by atoms with Crippen molar-refractivity contribution in [2.75, 3.05) is 20.2 Å². The van der Waals surface area contributed by atoms with Crippen molar-refractivity contribution in [3.05, 3.63) is 99.4 Å². The number of aliphatic hydroxyl groups is 1. The van der Waals surface area contributed by atoms with Gasteiger partial charge in [0, 0.05) is 60.3 Å². The van der Waals surface area contributed by atoms with Crippen molar-refractivity contribution in [3.63, 3.8) is 0 Å². The molecule has 0 saturated carbocycles. The van der Waals surface area contributed by atoms with E-state index in [4.69, 9.17) is 9.72 Å². The van der Waals surface area contributed by atoms with Gasteiger partial charge in [0.25, 0.3) is 0 Å². The van der Waals surface area contributed by atoms with Crippen molar-refractivity contribution in [3.8, 4) is 5.88 Å². The molecule has 9 heteroatoms. The van der Waals surface area contributed by atoms with Crippen LogP contribution in [0.1, 0.15) is 51.7 Å². The summed E-state index contributed by atoms with van der Waals surface area (Å²) in [5, 5.41) is 13.3. The number of alkyl halides is 3. The van der Waals surface area contributed by atoms with Gasteiger partial charge in [0.05, 0.1) is 18.2 Å². The third-order valence-electron chi connectivity index (χ3n) is 8.18. The fraction of sp³-hybridized carbons (Fsp3) is 0.344. The molecule has 2 aromatic carbocycles. The average Bonchev–Trinajstić information content (AvgIpc) is 2.88. The van der Waals surface area contributed by atoms with Crippen LogP contribution in [0.3, 0.4) is 0 Å². The second kappa shape index (κ2) is 10.4. The summed E-state index contributed by atoms with van der Waals surface area (Å²) in [6.07, 6.45) is -4.08. The molecule has 6 nitrogen and oxygen atoms in total. The summed E-state index contributed by atoms with van der Waals surface area (Å²) in [7, 11) is 1.52. The van der Waals surface area contributed by atoms with Gasteiger partial charge in [-0.25, -0.2) is 4.98 Å². The summed E-state index contributed by atoms with van der Waals surface area (Å²) in [4.78, 5) is 23.0. The fourth-order valence-electron chi connectivity index (χ4n) is 5.76. The molecule has 1 atom stereocenters. The van der Waals surface area contributed by atoms with Gasteiger partial charge in [-0.15, -0.1) is 0 Å². The zero-order valence-electron chi connectivity index (χ0n) is 23.6. The lowest BCUT2D eigenvalue weighted by molar-refractivity contribution is -0.142. The molecular formula is C32H32F3N3O3. The van der Waals surface area contributed by atoms with Crippen molar-refractivity contribution >= 4 is 16.8 Å². The Morgan fingerprint density at radius 1 is 1.00 bits per heavy atom. The Balaban J connectivity index is 1.61. The minimum atomic E-state index is -4.41. The number of carbonyl (C=O) groups excluding carboxylic acids is 1. The molecule has 1 fully saturated rings. The van der Waals surface area contributed by atoms with Crippen LogP contribution in [0, 0.1) is 26.7 Å². The molecule has 0 bridgehead atoms. The summed E-state index contributed by atoms with van der Waals surface area (Å²) >= 11 is 0. The first-order valence-corrected chi connectivity index (χ1v) is 13.4. The molecule has 0 aliphatic carbocycles. The van der Waals surface area contributed by atoms with Crippen molar-refractivity contribution in [1.29, 1.82) is 0 Å². The number of likely N-dealkylation sites (tertiary alicyclic amines) is 1. The quantitative estimate of drug-likeness (QED) is 0.317. The highest BCUT2D eigenvalue weighted by atomic mass is 19.4. The third kappa shape index (κ3) is 5.14. The predicted octanol–water partition coefficient (Wildman–Crippen LogP) is 5.89. The third-order valence-corrected chi connectivity index (χ3v) is 8.18. The van der Waals surface area contributed by atoms with E-state index >= 15 is 0 Å². The number of ether oxygens (including phenoxy) is 1. The van der Waals surface area contributed by atoms with Gasteiger partial charge in [-0.3, -0.25) is 9.78 Å². The highest BCUT2D eigenvalue weighted by molar-refractivity contribution is 5.85. The van der Waals surface area contributed by atoms with Crippen LogP contribution in [-0.4, -0.2) is 46.1 Å². The van der Waals surface area contributed by atoms with Gasteiger partial charge >= 0.3 is 6.18 Å². The Hall–Kier alpha value is -3.98. The van der Waals surface area contributed by atoms with Crippen molar-refractivity contribution in [2.45, 2.75) is 45.9 Å². The number of aromatic nitrogens is 2. The Kier molecular flexibility index (Phi) is 7.27. The molecule has 1 aliphatic heterocycles. The summed E-state index contributed by atoms with van der Waals surface area (Å²) < 4.78 is 44.8. The van der Waals surface area contributed by atoms with E-state index in [9.17, 15) is 23.1 Å². The molecule has 1 unspecified atom stereocenters. The number of halogens is 3. The van der Waals surface area contributed by atoms with E-state index < -0.39 is 17.3 Å². The smallest absolute Gasteiger partial charge is 0.416 e. The van der Waals surface area contributed by atoms with Gasteiger partial charge in [-0.05, 0) is 67.8 Å². The maximum Gasteiger partial charge on any atom is 0.416 e. The molecule has 1 saturated heterocycles. The molecule has 2 aromatic heterocycles. The van der Waals surface area contributed by atoms with Crippen molar-refractivity contribution in [2.24, 2.45) is 5.92 Å². The van der Waals surface area contributed by atoms with Crippen LogP contribution in [0.2, 0.25) is 0 Å². The molecule has 1 aliphatic rings.